The lowest BCUT2D eigenvalue weighted by Crippen LogP contribution is -2.49. The Morgan fingerprint density at radius 3 is 2.36 bits per heavy atom. The molecule has 1 saturated heterocycles. The van der Waals surface area contributed by atoms with E-state index < -0.39 is 27.8 Å². The number of sulfonamides is 1. The van der Waals surface area contributed by atoms with Crippen LogP contribution in [0.1, 0.15) is 25.8 Å². The van der Waals surface area contributed by atoms with E-state index in [9.17, 15) is 22.4 Å². The van der Waals surface area contributed by atoms with Gasteiger partial charge in [0.25, 0.3) is 5.91 Å². The van der Waals surface area contributed by atoms with Crippen LogP contribution in [-0.4, -0.2) is 74.9 Å². The lowest BCUT2D eigenvalue weighted by atomic mass is 10.1. The number of amides is 2. The average Bonchev–Trinajstić information content (AvgIpc) is 2.90. The summed E-state index contributed by atoms with van der Waals surface area (Å²) in [5.41, 5.74) is 0.664. The predicted octanol–water partition coefficient (Wildman–Crippen LogP) is 2.17. The molecule has 0 bridgehead atoms. The van der Waals surface area contributed by atoms with E-state index in [-0.39, 0.29) is 24.0 Å². The average molecular weight is 522 g/mol. The van der Waals surface area contributed by atoms with E-state index in [1.165, 1.54) is 45.6 Å². The van der Waals surface area contributed by atoms with Gasteiger partial charge in [-0.05, 0) is 55.3 Å². The molecule has 1 heterocycles. The number of hydrogen-bond donors (Lipinski definition) is 1. The van der Waals surface area contributed by atoms with E-state index in [2.05, 4.69) is 5.32 Å². The van der Waals surface area contributed by atoms with Gasteiger partial charge in [0.05, 0.1) is 18.1 Å². The fraction of sp³-hybridized carbons (Fsp3) is 0.440. The number of halogens is 1. The number of rotatable bonds is 11. The van der Waals surface area contributed by atoms with Crippen LogP contribution in [0.2, 0.25) is 0 Å². The lowest BCUT2D eigenvalue weighted by molar-refractivity contribution is -0.142. The zero-order valence-corrected chi connectivity index (χ0v) is 21.3. The molecule has 196 valence electrons. The Kier molecular flexibility index (Phi) is 9.80. The van der Waals surface area contributed by atoms with Crippen LogP contribution in [-0.2, 0) is 30.9 Å². The highest BCUT2D eigenvalue weighted by Gasteiger charge is 2.28. The Balaban J connectivity index is 1.67. The molecule has 11 heteroatoms. The van der Waals surface area contributed by atoms with Crippen molar-refractivity contribution in [3.8, 4) is 5.75 Å². The Hall–Kier alpha value is -3.02. The SMILES string of the molecule is CCCNC(=O)[C@H](C)N(Cc1ccc(F)cc1)C(=O)COc1ccc(S(=O)(=O)N2CCOCC2)cc1. The molecule has 0 unspecified atom stereocenters. The molecule has 0 spiro atoms. The van der Waals surface area contributed by atoms with Crippen molar-refractivity contribution in [2.75, 3.05) is 39.5 Å². The highest BCUT2D eigenvalue weighted by molar-refractivity contribution is 7.89. The molecule has 1 aliphatic rings. The predicted molar refractivity (Wildman–Crippen MR) is 131 cm³/mol. The largest absolute Gasteiger partial charge is 0.484 e. The van der Waals surface area contributed by atoms with Crippen LogP contribution in [0.25, 0.3) is 0 Å². The van der Waals surface area contributed by atoms with Crippen LogP contribution < -0.4 is 10.1 Å². The van der Waals surface area contributed by atoms with Gasteiger partial charge in [0.2, 0.25) is 15.9 Å². The lowest BCUT2D eigenvalue weighted by Gasteiger charge is -2.28. The number of morpholine rings is 1. The fourth-order valence-electron chi connectivity index (χ4n) is 3.64. The second-order valence-corrected chi connectivity index (χ2v) is 10.3. The topological polar surface area (TPSA) is 105 Å². The third kappa shape index (κ3) is 7.25. The molecule has 2 aromatic carbocycles. The maximum absolute atomic E-state index is 13.3. The van der Waals surface area contributed by atoms with Gasteiger partial charge in [-0.3, -0.25) is 9.59 Å². The molecule has 3 rings (SSSR count). The van der Waals surface area contributed by atoms with Crippen molar-refractivity contribution < 1.29 is 31.9 Å². The van der Waals surface area contributed by atoms with E-state index in [1.807, 2.05) is 6.92 Å². The molecular formula is C25H32FN3O6S. The molecule has 1 aliphatic heterocycles. The highest BCUT2D eigenvalue weighted by Crippen LogP contribution is 2.21. The van der Waals surface area contributed by atoms with Gasteiger partial charge in [-0.15, -0.1) is 0 Å². The molecule has 9 nitrogen and oxygen atoms in total. The minimum Gasteiger partial charge on any atom is -0.484 e. The molecule has 1 atom stereocenters. The summed E-state index contributed by atoms with van der Waals surface area (Å²) in [6.07, 6.45) is 0.755. The molecule has 0 aromatic heterocycles. The second-order valence-electron chi connectivity index (χ2n) is 8.39. The maximum atomic E-state index is 13.3. The molecule has 0 aliphatic carbocycles. The summed E-state index contributed by atoms with van der Waals surface area (Å²) < 4.78 is 51.1. The number of carbonyl (C=O) groups excluding carboxylic acids is 2. The summed E-state index contributed by atoms with van der Waals surface area (Å²) in [7, 11) is -3.64. The standard InChI is InChI=1S/C25H32FN3O6S/c1-3-12-27-25(31)19(2)29(17-20-4-6-21(26)7-5-20)24(30)18-35-22-8-10-23(11-9-22)36(32,33)28-13-15-34-16-14-28/h4-11,19H,3,12-18H2,1-2H3,(H,27,31)/t19-/m0/s1. The molecule has 1 N–H and O–H groups in total. The van der Waals surface area contributed by atoms with E-state index >= 15 is 0 Å². The summed E-state index contributed by atoms with van der Waals surface area (Å²) in [5, 5.41) is 2.78. The first kappa shape index (κ1) is 27.6. The fourth-order valence-corrected chi connectivity index (χ4v) is 5.04. The first-order valence-corrected chi connectivity index (χ1v) is 13.3. The van der Waals surface area contributed by atoms with Crippen molar-refractivity contribution in [2.24, 2.45) is 0 Å². The van der Waals surface area contributed by atoms with Gasteiger partial charge in [-0.2, -0.15) is 4.31 Å². The molecular weight excluding hydrogens is 489 g/mol. The van der Waals surface area contributed by atoms with Crippen LogP contribution in [0.4, 0.5) is 4.39 Å². The summed E-state index contributed by atoms with van der Waals surface area (Å²) in [6.45, 7) is 5.07. The zero-order valence-electron chi connectivity index (χ0n) is 20.5. The van der Waals surface area contributed by atoms with Crippen molar-refractivity contribution in [3.05, 3.63) is 59.9 Å². The van der Waals surface area contributed by atoms with Gasteiger partial charge in [0, 0.05) is 26.2 Å². The monoisotopic (exact) mass is 521 g/mol. The summed E-state index contributed by atoms with van der Waals surface area (Å²) in [6, 6.07) is 10.8. The van der Waals surface area contributed by atoms with Crippen LogP contribution in [0, 0.1) is 5.82 Å². The van der Waals surface area contributed by atoms with Crippen LogP contribution in [0.5, 0.6) is 5.75 Å². The molecule has 1 fully saturated rings. The zero-order chi connectivity index (χ0) is 26.1. The molecule has 2 aromatic rings. The van der Waals surface area contributed by atoms with Crippen molar-refractivity contribution in [2.45, 2.75) is 37.8 Å². The second kappa shape index (κ2) is 12.8. The smallest absolute Gasteiger partial charge is 0.261 e. The maximum Gasteiger partial charge on any atom is 0.261 e. The van der Waals surface area contributed by atoms with Gasteiger partial charge in [0.1, 0.15) is 17.6 Å². The van der Waals surface area contributed by atoms with Gasteiger partial charge in [-0.25, -0.2) is 12.8 Å². The van der Waals surface area contributed by atoms with Crippen molar-refractivity contribution in [1.29, 1.82) is 0 Å². The quantitative estimate of drug-likeness (QED) is 0.486. The van der Waals surface area contributed by atoms with E-state index in [4.69, 9.17) is 9.47 Å². The van der Waals surface area contributed by atoms with Gasteiger partial charge >= 0.3 is 0 Å². The molecule has 0 radical (unpaired) electrons. The van der Waals surface area contributed by atoms with Crippen LogP contribution >= 0.6 is 0 Å². The van der Waals surface area contributed by atoms with Crippen molar-refractivity contribution in [1.82, 2.24) is 14.5 Å². The minimum absolute atomic E-state index is 0.0971. The van der Waals surface area contributed by atoms with E-state index in [0.717, 1.165) is 6.42 Å². The number of nitrogens with one attached hydrogen (secondary N) is 1. The number of carbonyl (C=O) groups is 2. The van der Waals surface area contributed by atoms with Gasteiger partial charge in [-0.1, -0.05) is 19.1 Å². The van der Waals surface area contributed by atoms with Gasteiger partial charge < -0.3 is 19.7 Å². The molecule has 36 heavy (non-hydrogen) atoms. The van der Waals surface area contributed by atoms with Crippen LogP contribution in [0.15, 0.2) is 53.4 Å². The summed E-state index contributed by atoms with van der Waals surface area (Å²) in [4.78, 5) is 27.1. The number of nitrogens with zero attached hydrogens (tertiary/aromatic N) is 2. The van der Waals surface area contributed by atoms with E-state index in [0.29, 0.717) is 44.2 Å². The Morgan fingerprint density at radius 2 is 1.75 bits per heavy atom. The minimum atomic E-state index is -3.64. The third-order valence-electron chi connectivity index (χ3n) is 5.78. The Bertz CT molecular complexity index is 1120. The van der Waals surface area contributed by atoms with Crippen molar-refractivity contribution in [3.63, 3.8) is 0 Å². The van der Waals surface area contributed by atoms with Crippen LogP contribution in [0.3, 0.4) is 0 Å². The Labute approximate surface area is 211 Å². The van der Waals surface area contributed by atoms with Crippen molar-refractivity contribution >= 4 is 21.8 Å². The molecule has 2 amide bonds. The first-order valence-electron chi connectivity index (χ1n) is 11.8. The van der Waals surface area contributed by atoms with E-state index in [1.54, 1.807) is 19.1 Å². The summed E-state index contributed by atoms with van der Waals surface area (Å²) >= 11 is 0. The van der Waals surface area contributed by atoms with Gasteiger partial charge in [0.15, 0.2) is 6.61 Å². The number of hydrogen-bond acceptors (Lipinski definition) is 6. The Morgan fingerprint density at radius 1 is 1.11 bits per heavy atom. The number of benzene rings is 2. The third-order valence-corrected chi connectivity index (χ3v) is 7.69. The number of ether oxygens (including phenoxy) is 2. The molecule has 0 saturated carbocycles. The summed E-state index contributed by atoms with van der Waals surface area (Å²) in [5.74, 6) is -0.824. The highest BCUT2D eigenvalue weighted by atomic mass is 32.2. The normalized spacial score (nSPS) is 15.2. The first-order chi connectivity index (χ1) is 17.2.